The molecule has 1 aromatic heterocycles. The molecular weight excluding hydrogens is 232 g/mol. The van der Waals surface area contributed by atoms with Gasteiger partial charge in [-0.25, -0.2) is 4.98 Å². The van der Waals surface area contributed by atoms with Gasteiger partial charge in [0.15, 0.2) is 0 Å². The maximum Gasteiger partial charge on any atom is 0.106 e. The molecule has 1 aromatic carbocycles. The van der Waals surface area contributed by atoms with Gasteiger partial charge in [0.25, 0.3) is 0 Å². The van der Waals surface area contributed by atoms with E-state index >= 15 is 0 Å². The Morgan fingerprint density at radius 3 is 2.84 bits per heavy atom. The largest absolute Gasteiger partial charge is 0.345 e. The highest BCUT2D eigenvalue weighted by atomic mass is 14.9. The number of imidazole rings is 1. The molecule has 0 saturated carbocycles. The minimum Gasteiger partial charge on any atom is -0.345 e. The second kappa shape index (κ2) is 4.84. The highest BCUT2D eigenvalue weighted by Crippen LogP contribution is 2.32. The zero-order chi connectivity index (χ0) is 13.4. The second-order valence-electron chi connectivity index (χ2n) is 5.79. The summed E-state index contributed by atoms with van der Waals surface area (Å²) in [6.07, 6.45) is 4.48. The highest BCUT2D eigenvalue weighted by Gasteiger charge is 2.18. The highest BCUT2D eigenvalue weighted by molar-refractivity contribution is 5.68. The topological polar surface area (TPSA) is 28.7 Å². The van der Waals surface area contributed by atoms with Gasteiger partial charge in [-0.3, -0.25) is 0 Å². The van der Waals surface area contributed by atoms with Crippen molar-refractivity contribution in [2.24, 2.45) is 0 Å². The minimum absolute atomic E-state index is 0.596. The first-order valence-corrected chi connectivity index (χ1v) is 7.40. The lowest BCUT2D eigenvalue weighted by molar-refractivity contribution is 0.805. The summed E-state index contributed by atoms with van der Waals surface area (Å²) in [7, 11) is 0. The minimum atomic E-state index is 0.596. The fourth-order valence-corrected chi connectivity index (χ4v) is 2.90. The number of fused-ring (bicyclic) bond motifs is 3. The molecule has 1 heterocycles. The van der Waals surface area contributed by atoms with Crippen LogP contribution in [0.15, 0.2) is 18.2 Å². The zero-order valence-electron chi connectivity index (χ0n) is 12.1. The molecule has 0 saturated heterocycles. The number of rotatable bonds is 2. The Bertz CT molecular complexity index is 593. The van der Waals surface area contributed by atoms with Crippen molar-refractivity contribution in [1.29, 1.82) is 0 Å². The number of nitrogens with zero attached hydrogens (tertiary/aromatic N) is 1. The molecule has 0 fully saturated rings. The summed E-state index contributed by atoms with van der Waals surface area (Å²) in [6, 6.07) is 6.92. The molecule has 0 unspecified atom stereocenters. The molecular formula is C17H22N2. The van der Waals surface area contributed by atoms with E-state index in [4.69, 9.17) is 4.98 Å². The number of aromatic amines is 1. The molecule has 100 valence electrons. The van der Waals surface area contributed by atoms with Gasteiger partial charge in [0.2, 0.25) is 0 Å². The molecule has 1 aliphatic carbocycles. The van der Waals surface area contributed by atoms with Gasteiger partial charge in [0.05, 0.1) is 5.69 Å². The number of benzene rings is 1. The third kappa shape index (κ3) is 2.20. The van der Waals surface area contributed by atoms with Crippen LogP contribution in [0, 0.1) is 0 Å². The fourth-order valence-electron chi connectivity index (χ4n) is 2.90. The maximum absolute atomic E-state index is 4.79. The normalized spacial score (nSPS) is 14.1. The van der Waals surface area contributed by atoms with E-state index in [2.05, 4.69) is 44.0 Å². The van der Waals surface area contributed by atoms with Crippen molar-refractivity contribution in [3.63, 3.8) is 0 Å². The van der Waals surface area contributed by atoms with Crippen molar-refractivity contribution in [2.75, 3.05) is 0 Å². The van der Waals surface area contributed by atoms with Gasteiger partial charge in [0, 0.05) is 17.7 Å². The van der Waals surface area contributed by atoms with Gasteiger partial charge in [-0.1, -0.05) is 39.0 Å². The van der Waals surface area contributed by atoms with Crippen LogP contribution in [0.5, 0.6) is 0 Å². The van der Waals surface area contributed by atoms with E-state index in [1.165, 1.54) is 40.9 Å². The monoisotopic (exact) mass is 254 g/mol. The molecule has 2 aromatic rings. The Morgan fingerprint density at radius 1 is 1.26 bits per heavy atom. The van der Waals surface area contributed by atoms with Gasteiger partial charge in [0.1, 0.15) is 5.82 Å². The van der Waals surface area contributed by atoms with Crippen molar-refractivity contribution in [1.82, 2.24) is 9.97 Å². The third-order valence-corrected chi connectivity index (χ3v) is 4.09. The molecule has 2 heteroatoms. The van der Waals surface area contributed by atoms with Gasteiger partial charge >= 0.3 is 0 Å². The van der Waals surface area contributed by atoms with E-state index in [1.54, 1.807) is 0 Å². The Labute approximate surface area is 115 Å². The molecule has 0 spiro atoms. The lowest BCUT2D eigenvalue weighted by atomic mass is 9.95. The van der Waals surface area contributed by atoms with E-state index < -0.39 is 0 Å². The number of aryl methyl sites for hydroxylation is 3. The first-order valence-electron chi connectivity index (χ1n) is 7.40. The number of hydrogen-bond acceptors (Lipinski definition) is 1. The quantitative estimate of drug-likeness (QED) is 0.852. The van der Waals surface area contributed by atoms with E-state index in [9.17, 15) is 0 Å². The Balaban J connectivity index is 2.12. The average Bonchev–Trinajstić information content (AvgIpc) is 2.74. The van der Waals surface area contributed by atoms with Crippen LogP contribution in [0.2, 0.25) is 0 Å². The van der Waals surface area contributed by atoms with Crippen molar-refractivity contribution < 1.29 is 0 Å². The van der Waals surface area contributed by atoms with Crippen LogP contribution in [0.4, 0.5) is 0 Å². The zero-order valence-corrected chi connectivity index (χ0v) is 12.1. The first kappa shape index (κ1) is 12.5. The van der Waals surface area contributed by atoms with Gasteiger partial charge < -0.3 is 4.98 Å². The SMILES string of the molecule is CCc1nc2c([nH]1)CCCc1cc(C(C)C)ccc1-2. The Morgan fingerprint density at radius 2 is 2.11 bits per heavy atom. The smallest absolute Gasteiger partial charge is 0.106 e. The standard InChI is InChI=1S/C17H22N2/c1-4-16-18-15-7-5-6-13-10-12(11(2)3)8-9-14(13)17(15)19-16/h8-11H,4-7H2,1-3H3,(H,18,19). The summed E-state index contributed by atoms with van der Waals surface area (Å²) < 4.78 is 0. The molecule has 0 bridgehead atoms. The van der Waals surface area contributed by atoms with Crippen LogP contribution >= 0.6 is 0 Å². The van der Waals surface area contributed by atoms with Gasteiger partial charge in [-0.05, 0) is 36.3 Å². The summed E-state index contributed by atoms with van der Waals surface area (Å²) in [6.45, 7) is 6.67. The Kier molecular flexibility index (Phi) is 3.17. The molecule has 19 heavy (non-hydrogen) atoms. The first-order chi connectivity index (χ1) is 9.19. The molecule has 0 amide bonds. The molecule has 0 aliphatic heterocycles. The van der Waals surface area contributed by atoms with E-state index in [0.29, 0.717) is 5.92 Å². The predicted molar refractivity (Wildman–Crippen MR) is 79.5 cm³/mol. The van der Waals surface area contributed by atoms with Crippen molar-refractivity contribution in [3.05, 3.63) is 40.8 Å². The van der Waals surface area contributed by atoms with Crippen LogP contribution in [0.1, 0.15) is 55.8 Å². The van der Waals surface area contributed by atoms with Crippen LogP contribution in [0.3, 0.4) is 0 Å². The molecule has 0 radical (unpaired) electrons. The molecule has 3 rings (SSSR count). The van der Waals surface area contributed by atoms with E-state index in [-0.39, 0.29) is 0 Å². The summed E-state index contributed by atoms with van der Waals surface area (Å²) in [5, 5.41) is 0. The average molecular weight is 254 g/mol. The third-order valence-electron chi connectivity index (χ3n) is 4.09. The van der Waals surface area contributed by atoms with Crippen LogP contribution < -0.4 is 0 Å². The maximum atomic E-state index is 4.79. The predicted octanol–water partition coefficient (Wildman–Crippen LogP) is 4.25. The van der Waals surface area contributed by atoms with Gasteiger partial charge in [-0.15, -0.1) is 0 Å². The number of H-pyrrole nitrogens is 1. The van der Waals surface area contributed by atoms with Crippen molar-refractivity contribution in [2.45, 2.75) is 52.4 Å². The fraction of sp³-hybridized carbons (Fsp3) is 0.471. The van der Waals surface area contributed by atoms with Crippen molar-refractivity contribution in [3.8, 4) is 11.3 Å². The van der Waals surface area contributed by atoms with Crippen molar-refractivity contribution >= 4 is 0 Å². The van der Waals surface area contributed by atoms with Crippen LogP contribution in [-0.4, -0.2) is 9.97 Å². The molecule has 0 atom stereocenters. The van der Waals surface area contributed by atoms with E-state index in [1.807, 2.05) is 0 Å². The lowest BCUT2D eigenvalue weighted by Crippen LogP contribution is -1.94. The van der Waals surface area contributed by atoms with Crippen LogP contribution in [0.25, 0.3) is 11.3 Å². The summed E-state index contributed by atoms with van der Waals surface area (Å²) in [4.78, 5) is 8.28. The summed E-state index contributed by atoms with van der Waals surface area (Å²) in [5.74, 6) is 1.71. The van der Waals surface area contributed by atoms with Crippen LogP contribution in [-0.2, 0) is 19.3 Å². The molecule has 1 aliphatic rings. The lowest BCUT2D eigenvalue weighted by Gasteiger charge is -2.11. The number of hydrogen-bond donors (Lipinski definition) is 1. The summed E-state index contributed by atoms with van der Waals surface area (Å²) in [5.41, 5.74) is 6.77. The number of nitrogens with one attached hydrogen (secondary N) is 1. The Hall–Kier alpha value is -1.57. The summed E-state index contributed by atoms with van der Waals surface area (Å²) >= 11 is 0. The second-order valence-corrected chi connectivity index (χ2v) is 5.79. The van der Waals surface area contributed by atoms with E-state index in [0.717, 1.165) is 18.7 Å². The molecule has 2 nitrogen and oxygen atoms in total. The molecule has 1 N–H and O–H groups in total. The number of aromatic nitrogens is 2. The van der Waals surface area contributed by atoms with Gasteiger partial charge in [-0.2, -0.15) is 0 Å².